The number of likely N-dealkylation sites (tertiary alicyclic amines) is 1. The highest BCUT2D eigenvalue weighted by Gasteiger charge is 2.49. The van der Waals surface area contributed by atoms with E-state index >= 15 is 0 Å². The fourth-order valence-electron chi connectivity index (χ4n) is 4.78. The summed E-state index contributed by atoms with van der Waals surface area (Å²) >= 11 is 0. The van der Waals surface area contributed by atoms with Crippen LogP contribution in [0.3, 0.4) is 0 Å². The highest BCUT2D eigenvalue weighted by atomic mass is 16.2. The molecule has 8 heteroatoms. The van der Waals surface area contributed by atoms with Crippen LogP contribution in [-0.4, -0.2) is 88.3 Å². The number of hydrogen-bond acceptors (Lipinski definition) is 5. The molecular weight excluding hydrogens is 382 g/mol. The van der Waals surface area contributed by atoms with Crippen molar-refractivity contribution in [2.45, 2.75) is 50.2 Å². The Kier molecular flexibility index (Phi) is 5.18. The number of nitrogens with one attached hydrogen (secondary N) is 1. The summed E-state index contributed by atoms with van der Waals surface area (Å²) in [5.74, 6) is 0.210. The predicted molar refractivity (Wildman–Crippen MR) is 110 cm³/mol. The molecule has 0 bridgehead atoms. The zero-order valence-corrected chi connectivity index (χ0v) is 17.2. The average Bonchev–Trinajstić information content (AvgIpc) is 3.72. The second kappa shape index (κ2) is 7.98. The number of nitrogens with zero attached hydrogens (tertiary/aromatic N) is 4. The Labute approximate surface area is 176 Å². The van der Waals surface area contributed by atoms with E-state index < -0.39 is 6.04 Å². The summed E-state index contributed by atoms with van der Waals surface area (Å²) in [7, 11) is 0. The van der Waals surface area contributed by atoms with Gasteiger partial charge in [-0.25, -0.2) is 0 Å². The number of amides is 3. The molecule has 30 heavy (non-hydrogen) atoms. The Balaban J connectivity index is 1.40. The van der Waals surface area contributed by atoms with Crippen LogP contribution < -0.4 is 5.32 Å². The molecule has 5 rings (SSSR count). The van der Waals surface area contributed by atoms with Crippen LogP contribution in [0, 0.1) is 5.92 Å². The Bertz CT molecular complexity index is 817. The van der Waals surface area contributed by atoms with E-state index in [1.807, 2.05) is 9.80 Å². The average molecular weight is 412 g/mol. The van der Waals surface area contributed by atoms with Gasteiger partial charge >= 0.3 is 0 Å². The van der Waals surface area contributed by atoms with Crippen molar-refractivity contribution in [1.82, 2.24) is 25.0 Å². The molecule has 1 N–H and O–H groups in total. The molecule has 4 aliphatic rings. The first-order valence-corrected chi connectivity index (χ1v) is 11.2. The Hall–Kier alpha value is -2.48. The van der Waals surface area contributed by atoms with Crippen molar-refractivity contribution >= 4 is 17.7 Å². The molecule has 2 saturated carbocycles. The van der Waals surface area contributed by atoms with Gasteiger partial charge in [0, 0.05) is 57.1 Å². The number of aromatic nitrogens is 1. The van der Waals surface area contributed by atoms with Crippen LogP contribution in [0.4, 0.5) is 0 Å². The second-order valence-electron chi connectivity index (χ2n) is 8.93. The summed E-state index contributed by atoms with van der Waals surface area (Å²) in [6.07, 6.45) is 7.71. The zero-order valence-electron chi connectivity index (χ0n) is 17.2. The summed E-state index contributed by atoms with van der Waals surface area (Å²) in [5, 5.41) is 3.27. The van der Waals surface area contributed by atoms with Gasteiger partial charge in [0.2, 0.25) is 11.8 Å². The van der Waals surface area contributed by atoms with Crippen LogP contribution in [0.2, 0.25) is 0 Å². The van der Waals surface area contributed by atoms with Crippen molar-refractivity contribution in [1.29, 1.82) is 0 Å². The molecule has 2 aliphatic heterocycles. The maximum atomic E-state index is 13.4. The molecule has 2 aliphatic carbocycles. The number of carbonyl (C=O) groups excluding carboxylic acids is 3. The van der Waals surface area contributed by atoms with Crippen LogP contribution in [0.5, 0.6) is 0 Å². The maximum Gasteiger partial charge on any atom is 0.256 e. The normalized spacial score (nSPS) is 26.5. The van der Waals surface area contributed by atoms with Crippen LogP contribution in [0.15, 0.2) is 24.5 Å². The van der Waals surface area contributed by atoms with Crippen molar-refractivity contribution in [3.63, 3.8) is 0 Å². The van der Waals surface area contributed by atoms with Gasteiger partial charge in [-0.2, -0.15) is 0 Å². The maximum absolute atomic E-state index is 13.4. The molecule has 0 aromatic carbocycles. The van der Waals surface area contributed by atoms with Crippen molar-refractivity contribution in [2.75, 3.05) is 32.7 Å². The zero-order chi connectivity index (χ0) is 20.7. The summed E-state index contributed by atoms with van der Waals surface area (Å²) in [6.45, 7) is 3.27. The van der Waals surface area contributed by atoms with E-state index in [1.54, 1.807) is 29.4 Å². The van der Waals surface area contributed by atoms with Crippen molar-refractivity contribution < 1.29 is 14.4 Å². The van der Waals surface area contributed by atoms with Gasteiger partial charge in [-0.15, -0.1) is 0 Å². The molecule has 160 valence electrons. The van der Waals surface area contributed by atoms with Gasteiger partial charge in [0.25, 0.3) is 5.91 Å². The standard InChI is InChI=1S/C22H29N5O3/c28-20(16-2-1-7-24-13-16)26-14-18(27(17-5-6-17)21(29)15-3-4-15)12-19(26)22(30)25-10-8-23-9-11-25/h1-2,7,13,15,17-19,23H,3-6,8-12,14H2. The van der Waals surface area contributed by atoms with Crippen LogP contribution >= 0.6 is 0 Å². The second-order valence-corrected chi connectivity index (χ2v) is 8.93. The van der Waals surface area contributed by atoms with Gasteiger partial charge in [0.1, 0.15) is 6.04 Å². The first-order chi connectivity index (χ1) is 14.6. The van der Waals surface area contributed by atoms with Gasteiger partial charge < -0.3 is 20.0 Å². The number of carbonyl (C=O) groups is 3. The monoisotopic (exact) mass is 411 g/mol. The Morgan fingerprint density at radius 3 is 2.47 bits per heavy atom. The largest absolute Gasteiger partial charge is 0.338 e. The minimum atomic E-state index is -0.519. The lowest BCUT2D eigenvalue weighted by Gasteiger charge is -2.32. The Morgan fingerprint density at radius 1 is 1.07 bits per heavy atom. The lowest BCUT2D eigenvalue weighted by molar-refractivity contribution is -0.137. The molecule has 0 spiro atoms. The molecule has 3 amide bonds. The summed E-state index contributed by atoms with van der Waals surface area (Å²) in [5.41, 5.74) is 0.489. The van der Waals surface area contributed by atoms with Crippen LogP contribution in [-0.2, 0) is 9.59 Å². The van der Waals surface area contributed by atoms with E-state index in [9.17, 15) is 14.4 Å². The lowest BCUT2D eigenvalue weighted by Crippen LogP contribution is -2.53. The molecule has 4 fully saturated rings. The summed E-state index contributed by atoms with van der Waals surface area (Å²) < 4.78 is 0. The van der Waals surface area contributed by atoms with Crippen LogP contribution in [0.25, 0.3) is 0 Å². The molecule has 8 nitrogen and oxygen atoms in total. The molecule has 1 aromatic heterocycles. The van der Waals surface area contributed by atoms with Gasteiger partial charge in [0.15, 0.2) is 0 Å². The number of piperazine rings is 1. The smallest absolute Gasteiger partial charge is 0.256 e. The molecule has 3 heterocycles. The number of hydrogen-bond donors (Lipinski definition) is 1. The third kappa shape index (κ3) is 3.80. The fourth-order valence-corrected chi connectivity index (χ4v) is 4.78. The number of rotatable bonds is 5. The molecule has 2 saturated heterocycles. The predicted octanol–water partition coefficient (Wildman–Crippen LogP) is 0.498. The minimum absolute atomic E-state index is 0.00542. The molecule has 1 aromatic rings. The van der Waals surface area contributed by atoms with Crippen molar-refractivity contribution in [3.05, 3.63) is 30.1 Å². The van der Waals surface area contributed by atoms with Gasteiger partial charge in [-0.05, 0) is 44.2 Å². The van der Waals surface area contributed by atoms with Crippen LogP contribution in [0.1, 0.15) is 42.5 Å². The molecular formula is C22H29N5O3. The molecule has 2 atom stereocenters. The van der Waals surface area contributed by atoms with Crippen molar-refractivity contribution in [3.8, 4) is 0 Å². The topological polar surface area (TPSA) is 85.9 Å². The van der Waals surface area contributed by atoms with E-state index in [4.69, 9.17) is 0 Å². The van der Waals surface area contributed by atoms with E-state index in [1.165, 1.54) is 0 Å². The highest BCUT2D eigenvalue weighted by molar-refractivity contribution is 5.98. The highest BCUT2D eigenvalue weighted by Crippen LogP contribution is 2.40. The number of pyridine rings is 1. The lowest BCUT2D eigenvalue weighted by atomic mass is 10.1. The summed E-state index contributed by atoms with van der Waals surface area (Å²) in [4.78, 5) is 49.4. The first kappa shape index (κ1) is 19.5. The molecule has 2 unspecified atom stereocenters. The fraction of sp³-hybridized carbons (Fsp3) is 0.636. The van der Waals surface area contributed by atoms with Gasteiger partial charge in [-0.1, -0.05) is 0 Å². The van der Waals surface area contributed by atoms with E-state index in [0.717, 1.165) is 38.8 Å². The quantitative estimate of drug-likeness (QED) is 0.763. The third-order valence-corrected chi connectivity index (χ3v) is 6.68. The minimum Gasteiger partial charge on any atom is -0.338 e. The SMILES string of the molecule is O=C(C1CC(N(C(=O)C2CC2)C2CC2)CN1C(=O)c1cccnc1)N1CCNCC1. The van der Waals surface area contributed by atoms with E-state index in [-0.39, 0.29) is 35.7 Å². The Morgan fingerprint density at radius 2 is 1.83 bits per heavy atom. The van der Waals surface area contributed by atoms with E-state index in [2.05, 4.69) is 10.3 Å². The first-order valence-electron chi connectivity index (χ1n) is 11.2. The summed E-state index contributed by atoms with van der Waals surface area (Å²) in [6, 6.07) is 3.16. The van der Waals surface area contributed by atoms with Gasteiger partial charge in [0.05, 0.1) is 11.6 Å². The molecule has 0 radical (unpaired) electrons. The van der Waals surface area contributed by atoms with E-state index in [0.29, 0.717) is 31.6 Å². The van der Waals surface area contributed by atoms with Gasteiger partial charge in [-0.3, -0.25) is 19.4 Å². The third-order valence-electron chi connectivity index (χ3n) is 6.68. The van der Waals surface area contributed by atoms with Crippen molar-refractivity contribution in [2.24, 2.45) is 5.92 Å².